The van der Waals surface area contributed by atoms with Crippen LogP contribution >= 0.6 is 12.4 Å². The Bertz CT molecular complexity index is 1770. The molecule has 5 rings (SSSR count). The Morgan fingerprint density at radius 1 is 1.00 bits per heavy atom. The molecule has 1 aliphatic heterocycles. The number of nitrogens with two attached hydrogens (primary N) is 1. The van der Waals surface area contributed by atoms with Gasteiger partial charge in [-0.1, -0.05) is 24.3 Å². The van der Waals surface area contributed by atoms with Gasteiger partial charge in [0.15, 0.2) is 0 Å². The van der Waals surface area contributed by atoms with Crippen LogP contribution in [0.3, 0.4) is 0 Å². The van der Waals surface area contributed by atoms with Crippen LogP contribution in [0.4, 0.5) is 26.2 Å². The van der Waals surface area contributed by atoms with E-state index in [1.807, 2.05) is 36.4 Å². The number of carbonyl (C=O) groups is 2. The van der Waals surface area contributed by atoms with E-state index in [2.05, 4.69) is 19.9 Å². The van der Waals surface area contributed by atoms with Crippen molar-refractivity contribution in [3.63, 3.8) is 0 Å². The van der Waals surface area contributed by atoms with Gasteiger partial charge in [0, 0.05) is 55.0 Å². The minimum atomic E-state index is -3.35. The van der Waals surface area contributed by atoms with Gasteiger partial charge in [0.2, 0.25) is 15.9 Å². The topological polar surface area (TPSA) is 147 Å². The van der Waals surface area contributed by atoms with Crippen LogP contribution in [0, 0.1) is 5.82 Å². The molecule has 1 aliphatic rings. The third-order valence-electron chi connectivity index (χ3n) is 7.59. The van der Waals surface area contributed by atoms with Crippen molar-refractivity contribution >= 4 is 51.4 Å². The first-order chi connectivity index (χ1) is 22.1. The lowest BCUT2D eigenvalue weighted by molar-refractivity contribution is 0.0996. The highest BCUT2D eigenvalue weighted by Gasteiger charge is 2.29. The van der Waals surface area contributed by atoms with E-state index in [1.165, 1.54) is 12.1 Å². The Balaban J connectivity index is 0.00000500. The molecule has 0 bridgehead atoms. The maximum absolute atomic E-state index is 14.0. The van der Waals surface area contributed by atoms with Gasteiger partial charge in [-0.3, -0.25) is 19.3 Å². The summed E-state index contributed by atoms with van der Waals surface area (Å²) in [6.45, 7) is 3.74. The number of amides is 3. The normalized spacial score (nSPS) is 13.7. The fraction of sp³-hybridized carbons (Fsp3) is 0.242. The summed E-state index contributed by atoms with van der Waals surface area (Å²) in [5, 5.41) is 2.80. The number of nitrogens with one attached hydrogen (secondary N) is 2. The maximum atomic E-state index is 14.0. The SMILES string of the molecule is CCS(=O)(=O)Nc1ccc(Oc2ccc(CN3CCC(N(C(=O)Nc4ccc(F)c(C(N)=O)c4)c4ccccc4)CC3)cn2)cc1.Cl. The van der Waals surface area contributed by atoms with Crippen LogP contribution in [0.2, 0.25) is 0 Å². The van der Waals surface area contributed by atoms with Gasteiger partial charge in [0.05, 0.1) is 11.3 Å². The van der Waals surface area contributed by atoms with E-state index in [4.69, 9.17) is 10.5 Å². The number of nitrogens with zero attached hydrogens (tertiary/aromatic N) is 3. The number of primary amides is 1. The molecule has 47 heavy (non-hydrogen) atoms. The number of likely N-dealkylation sites (tertiary alicyclic amines) is 1. The van der Waals surface area contributed by atoms with Crippen LogP contribution in [0.5, 0.6) is 11.6 Å². The number of ether oxygens (including phenoxy) is 1. The number of sulfonamides is 1. The van der Waals surface area contributed by atoms with Gasteiger partial charge in [-0.25, -0.2) is 22.6 Å². The monoisotopic (exact) mass is 682 g/mol. The predicted molar refractivity (Wildman–Crippen MR) is 182 cm³/mol. The second kappa shape index (κ2) is 15.7. The number of benzene rings is 3. The number of carbonyl (C=O) groups excluding carboxylic acids is 2. The van der Waals surface area contributed by atoms with E-state index in [0.29, 0.717) is 23.9 Å². The van der Waals surface area contributed by atoms with E-state index >= 15 is 0 Å². The summed E-state index contributed by atoms with van der Waals surface area (Å²) in [4.78, 5) is 33.6. The number of aromatic nitrogens is 1. The summed E-state index contributed by atoms with van der Waals surface area (Å²) in [7, 11) is -3.35. The van der Waals surface area contributed by atoms with Crippen LogP contribution < -0.4 is 25.4 Å². The lowest BCUT2D eigenvalue weighted by atomic mass is 10.0. The van der Waals surface area contributed by atoms with Crippen LogP contribution in [-0.4, -0.2) is 55.1 Å². The van der Waals surface area contributed by atoms with Crippen molar-refractivity contribution in [2.75, 3.05) is 33.8 Å². The predicted octanol–water partition coefficient (Wildman–Crippen LogP) is 6.00. The van der Waals surface area contributed by atoms with Gasteiger partial charge >= 0.3 is 6.03 Å². The Morgan fingerprint density at radius 3 is 2.30 bits per heavy atom. The molecule has 1 aromatic heterocycles. The van der Waals surface area contributed by atoms with Crippen molar-refractivity contribution in [2.45, 2.75) is 32.4 Å². The average Bonchev–Trinajstić information content (AvgIpc) is 3.05. The Morgan fingerprint density at radius 2 is 1.68 bits per heavy atom. The molecule has 3 aromatic carbocycles. The molecule has 0 unspecified atom stereocenters. The van der Waals surface area contributed by atoms with Gasteiger partial charge < -0.3 is 15.8 Å². The molecule has 0 radical (unpaired) electrons. The van der Waals surface area contributed by atoms with Crippen LogP contribution in [-0.2, 0) is 16.6 Å². The van der Waals surface area contributed by atoms with Gasteiger partial charge in [-0.05, 0) is 79.9 Å². The summed E-state index contributed by atoms with van der Waals surface area (Å²) in [6, 6.07) is 22.9. The van der Waals surface area contributed by atoms with Crippen molar-refractivity contribution in [2.24, 2.45) is 5.73 Å². The number of anilines is 3. The number of urea groups is 1. The second-order valence-corrected chi connectivity index (χ2v) is 12.8. The lowest BCUT2D eigenvalue weighted by Gasteiger charge is -2.38. The molecule has 14 heteroatoms. The maximum Gasteiger partial charge on any atom is 0.326 e. The van der Waals surface area contributed by atoms with Crippen molar-refractivity contribution in [1.29, 1.82) is 0 Å². The van der Waals surface area contributed by atoms with E-state index in [0.717, 1.165) is 43.2 Å². The molecule has 2 heterocycles. The van der Waals surface area contributed by atoms with Gasteiger partial charge in [0.25, 0.3) is 5.91 Å². The summed E-state index contributed by atoms with van der Waals surface area (Å²) >= 11 is 0. The highest BCUT2D eigenvalue weighted by Crippen LogP contribution is 2.27. The number of hydrogen-bond donors (Lipinski definition) is 3. The molecule has 0 saturated carbocycles. The quantitative estimate of drug-likeness (QED) is 0.176. The minimum Gasteiger partial charge on any atom is -0.439 e. The molecule has 4 aromatic rings. The standard InChI is InChI=1S/C33H35FN6O5S.ClH/c1-2-46(43,44)38-24-9-12-28(13-10-24)45-31-15-8-23(21-36-31)22-39-18-16-27(17-19-39)40(26-6-4-3-5-7-26)33(42)37-25-11-14-30(34)29(20-25)32(35)41;/h3-15,20-21,27,38H,2,16-19,22H2,1H3,(H2,35,41)(H,37,42);1H. The van der Waals surface area contributed by atoms with Crippen molar-refractivity contribution in [3.8, 4) is 11.6 Å². The Kier molecular flexibility index (Phi) is 11.8. The van der Waals surface area contributed by atoms with Crippen LogP contribution in [0.1, 0.15) is 35.7 Å². The van der Waals surface area contributed by atoms with E-state index in [1.54, 1.807) is 48.4 Å². The van der Waals surface area contributed by atoms with E-state index in [-0.39, 0.29) is 41.5 Å². The van der Waals surface area contributed by atoms with E-state index in [9.17, 15) is 22.4 Å². The summed E-state index contributed by atoms with van der Waals surface area (Å²) in [6.07, 6.45) is 3.20. The zero-order valence-corrected chi connectivity index (χ0v) is 27.3. The summed E-state index contributed by atoms with van der Waals surface area (Å²) in [5.74, 6) is -0.728. The highest BCUT2D eigenvalue weighted by molar-refractivity contribution is 7.92. The third-order valence-corrected chi connectivity index (χ3v) is 8.90. The number of halogens is 2. The van der Waals surface area contributed by atoms with Crippen LogP contribution in [0.25, 0.3) is 0 Å². The largest absolute Gasteiger partial charge is 0.439 e. The highest BCUT2D eigenvalue weighted by atomic mass is 35.5. The zero-order valence-electron chi connectivity index (χ0n) is 25.6. The summed E-state index contributed by atoms with van der Waals surface area (Å²) < 4.78 is 45.8. The van der Waals surface area contributed by atoms with Gasteiger partial charge in [0.1, 0.15) is 11.6 Å². The number of pyridine rings is 1. The second-order valence-electron chi connectivity index (χ2n) is 10.8. The smallest absolute Gasteiger partial charge is 0.326 e. The first-order valence-electron chi connectivity index (χ1n) is 14.8. The fourth-order valence-electron chi connectivity index (χ4n) is 5.18. The molecular formula is C33H36ClFN6O5S. The van der Waals surface area contributed by atoms with E-state index < -0.39 is 21.7 Å². The zero-order chi connectivity index (χ0) is 32.7. The third kappa shape index (κ3) is 9.41. The molecule has 4 N–H and O–H groups in total. The molecule has 1 saturated heterocycles. The Labute approximate surface area is 279 Å². The number of para-hydroxylation sites is 1. The summed E-state index contributed by atoms with van der Waals surface area (Å²) in [5.41, 5.74) is 7.46. The van der Waals surface area contributed by atoms with Gasteiger partial charge in [-0.2, -0.15) is 0 Å². The first kappa shape index (κ1) is 35.1. The van der Waals surface area contributed by atoms with Crippen molar-refractivity contribution < 1.29 is 27.1 Å². The number of rotatable bonds is 11. The molecule has 0 atom stereocenters. The first-order valence-corrected chi connectivity index (χ1v) is 16.5. The molecule has 3 amide bonds. The van der Waals surface area contributed by atoms with Gasteiger partial charge in [-0.15, -0.1) is 12.4 Å². The fourth-order valence-corrected chi connectivity index (χ4v) is 5.82. The molecule has 11 nitrogen and oxygen atoms in total. The average molecular weight is 683 g/mol. The molecule has 0 aliphatic carbocycles. The molecular weight excluding hydrogens is 647 g/mol. The molecule has 1 fully saturated rings. The number of piperidine rings is 1. The van der Waals surface area contributed by atoms with Crippen molar-refractivity contribution in [1.82, 2.24) is 9.88 Å². The molecule has 248 valence electrons. The van der Waals surface area contributed by atoms with Crippen LogP contribution in [0.15, 0.2) is 91.1 Å². The number of hydrogen-bond acceptors (Lipinski definition) is 7. The van der Waals surface area contributed by atoms with Crippen molar-refractivity contribution in [3.05, 3.63) is 108 Å². The minimum absolute atomic E-state index is 0. The lowest BCUT2D eigenvalue weighted by Crippen LogP contribution is -2.49. The molecule has 0 spiro atoms. The Hall–Kier alpha value is -4.72.